The van der Waals surface area contributed by atoms with E-state index in [9.17, 15) is 27.9 Å². The minimum atomic E-state index is -4.57. The first-order valence-electron chi connectivity index (χ1n) is 10.2. The molecule has 1 aliphatic rings. The van der Waals surface area contributed by atoms with Crippen LogP contribution in [0.2, 0.25) is 5.02 Å². The molecular weight excluding hydrogens is 463 g/mol. The standard InChI is InChI=1S/C21H23ClF3N5O3/c1-11(2)19(32)29-17-7-12(3-5-26-17)20(33)28-15-10-30(6-4-16(15)31)18-14(22)8-13(9-27-18)21(23,24)25/h3,5,7-9,11,15-16,31H,4,6,10H2,1-2H3,(H,28,33)(H,26,29,32)/t15-,16-/m1/s1. The Kier molecular flexibility index (Phi) is 7.43. The maximum atomic E-state index is 12.9. The Morgan fingerprint density at radius 3 is 2.64 bits per heavy atom. The van der Waals surface area contributed by atoms with E-state index in [-0.39, 0.29) is 47.0 Å². The summed E-state index contributed by atoms with van der Waals surface area (Å²) in [5.74, 6) is -0.668. The SMILES string of the molecule is CC(C)C(=O)Nc1cc(C(=O)N[C@@H]2CN(c3ncc(C(F)(F)F)cc3Cl)CC[C@H]2O)ccn1. The number of rotatable bonds is 5. The fourth-order valence-electron chi connectivity index (χ4n) is 3.25. The van der Waals surface area contributed by atoms with Crippen LogP contribution >= 0.6 is 11.6 Å². The number of hydrogen-bond donors (Lipinski definition) is 3. The van der Waals surface area contributed by atoms with Crippen LogP contribution in [0.3, 0.4) is 0 Å². The van der Waals surface area contributed by atoms with Gasteiger partial charge in [-0.2, -0.15) is 13.2 Å². The van der Waals surface area contributed by atoms with Crippen molar-refractivity contribution in [3.05, 3.63) is 46.7 Å². The molecule has 2 aromatic rings. The van der Waals surface area contributed by atoms with Crippen molar-refractivity contribution >= 4 is 35.1 Å². The highest BCUT2D eigenvalue weighted by molar-refractivity contribution is 6.33. The molecule has 33 heavy (non-hydrogen) atoms. The van der Waals surface area contributed by atoms with Crippen molar-refractivity contribution in [3.8, 4) is 0 Å². The predicted molar refractivity (Wildman–Crippen MR) is 116 cm³/mol. The Balaban J connectivity index is 1.71. The number of nitrogens with one attached hydrogen (secondary N) is 2. The first kappa shape index (κ1) is 24.7. The van der Waals surface area contributed by atoms with Crippen molar-refractivity contribution in [2.24, 2.45) is 5.92 Å². The molecule has 0 bridgehead atoms. The average molecular weight is 486 g/mol. The second-order valence-corrected chi connectivity index (χ2v) is 8.39. The normalized spacial score (nSPS) is 18.8. The second kappa shape index (κ2) is 9.92. The molecule has 0 radical (unpaired) electrons. The number of aliphatic hydroxyl groups excluding tert-OH is 1. The van der Waals surface area contributed by atoms with E-state index in [1.54, 1.807) is 18.7 Å². The minimum Gasteiger partial charge on any atom is -0.391 e. The molecule has 1 aliphatic heterocycles. The highest BCUT2D eigenvalue weighted by Gasteiger charge is 2.34. The average Bonchev–Trinajstić information content (AvgIpc) is 2.74. The third-order valence-electron chi connectivity index (χ3n) is 5.14. The maximum Gasteiger partial charge on any atom is 0.417 e. The first-order valence-corrected chi connectivity index (χ1v) is 10.6. The highest BCUT2D eigenvalue weighted by Crippen LogP contribution is 2.34. The quantitative estimate of drug-likeness (QED) is 0.600. The van der Waals surface area contributed by atoms with Gasteiger partial charge in [0, 0.05) is 37.0 Å². The van der Waals surface area contributed by atoms with Gasteiger partial charge in [0.1, 0.15) is 11.6 Å². The van der Waals surface area contributed by atoms with Crippen LogP contribution in [-0.4, -0.2) is 52.1 Å². The summed E-state index contributed by atoms with van der Waals surface area (Å²) in [6.45, 7) is 3.83. The first-order chi connectivity index (χ1) is 15.5. The van der Waals surface area contributed by atoms with Crippen molar-refractivity contribution in [3.63, 3.8) is 0 Å². The van der Waals surface area contributed by atoms with Crippen molar-refractivity contribution in [1.82, 2.24) is 15.3 Å². The predicted octanol–water partition coefficient (Wildman–Crippen LogP) is 3.11. The number of amides is 2. The van der Waals surface area contributed by atoms with Gasteiger partial charge < -0.3 is 20.6 Å². The minimum absolute atomic E-state index is 0.0903. The number of aromatic nitrogens is 2. The summed E-state index contributed by atoms with van der Waals surface area (Å²) < 4.78 is 38.6. The van der Waals surface area contributed by atoms with Gasteiger partial charge >= 0.3 is 6.18 Å². The lowest BCUT2D eigenvalue weighted by atomic mass is 10.0. The summed E-state index contributed by atoms with van der Waals surface area (Å²) in [5.41, 5.74) is -0.740. The van der Waals surface area contributed by atoms with E-state index < -0.39 is 29.8 Å². The summed E-state index contributed by atoms with van der Waals surface area (Å²) in [6, 6.07) is 2.94. The van der Waals surface area contributed by atoms with Crippen molar-refractivity contribution in [2.75, 3.05) is 23.3 Å². The lowest BCUT2D eigenvalue weighted by Gasteiger charge is -2.37. The lowest BCUT2D eigenvalue weighted by Crippen LogP contribution is -2.55. The Bertz CT molecular complexity index is 1030. The van der Waals surface area contributed by atoms with Crippen LogP contribution in [0.5, 0.6) is 0 Å². The number of anilines is 2. The van der Waals surface area contributed by atoms with Gasteiger partial charge in [0.25, 0.3) is 5.91 Å². The third-order valence-corrected chi connectivity index (χ3v) is 5.42. The molecule has 1 fully saturated rings. The highest BCUT2D eigenvalue weighted by atomic mass is 35.5. The van der Waals surface area contributed by atoms with Crippen LogP contribution in [0.15, 0.2) is 30.6 Å². The van der Waals surface area contributed by atoms with Gasteiger partial charge in [-0.1, -0.05) is 25.4 Å². The van der Waals surface area contributed by atoms with Crippen molar-refractivity contribution < 1.29 is 27.9 Å². The van der Waals surface area contributed by atoms with Crippen LogP contribution in [-0.2, 0) is 11.0 Å². The molecule has 0 aromatic carbocycles. The van der Waals surface area contributed by atoms with Gasteiger partial charge in [-0.25, -0.2) is 9.97 Å². The van der Waals surface area contributed by atoms with Crippen LogP contribution in [0.25, 0.3) is 0 Å². The molecule has 0 spiro atoms. The Labute approximate surface area is 193 Å². The molecule has 0 saturated carbocycles. The molecule has 3 N–H and O–H groups in total. The number of alkyl halides is 3. The van der Waals surface area contributed by atoms with Gasteiger partial charge in [-0.05, 0) is 24.6 Å². The Hall–Kier alpha value is -2.92. The monoisotopic (exact) mass is 485 g/mol. The zero-order valence-electron chi connectivity index (χ0n) is 17.9. The summed E-state index contributed by atoms with van der Waals surface area (Å²) >= 11 is 6.04. The summed E-state index contributed by atoms with van der Waals surface area (Å²) in [6.07, 6.45) is -3.12. The molecule has 2 aromatic heterocycles. The van der Waals surface area contributed by atoms with Crippen molar-refractivity contribution in [1.29, 1.82) is 0 Å². The molecule has 8 nitrogen and oxygen atoms in total. The number of hydrogen-bond acceptors (Lipinski definition) is 6. The van der Waals surface area contributed by atoms with E-state index in [0.29, 0.717) is 12.7 Å². The van der Waals surface area contributed by atoms with Crippen LogP contribution < -0.4 is 15.5 Å². The van der Waals surface area contributed by atoms with Gasteiger partial charge in [-0.15, -0.1) is 0 Å². The fourth-order valence-corrected chi connectivity index (χ4v) is 3.54. The maximum absolute atomic E-state index is 12.9. The topological polar surface area (TPSA) is 107 Å². The van der Waals surface area contributed by atoms with Gasteiger partial charge in [-0.3, -0.25) is 9.59 Å². The molecule has 2 atom stereocenters. The van der Waals surface area contributed by atoms with E-state index >= 15 is 0 Å². The number of carbonyl (C=O) groups excluding carboxylic acids is 2. The molecule has 12 heteroatoms. The van der Waals surface area contributed by atoms with E-state index in [0.717, 1.165) is 6.07 Å². The number of aliphatic hydroxyl groups is 1. The largest absolute Gasteiger partial charge is 0.417 e. The van der Waals surface area contributed by atoms with Gasteiger partial charge in [0.2, 0.25) is 5.91 Å². The Morgan fingerprint density at radius 1 is 1.27 bits per heavy atom. The zero-order chi connectivity index (χ0) is 24.3. The van der Waals surface area contributed by atoms with E-state index in [2.05, 4.69) is 20.6 Å². The number of carbonyl (C=O) groups is 2. The van der Waals surface area contributed by atoms with Gasteiger partial charge in [0.05, 0.1) is 22.7 Å². The molecule has 2 amide bonds. The molecule has 3 rings (SSSR count). The number of halogens is 4. The number of nitrogens with zero attached hydrogens (tertiary/aromatic N) is 3. The fraction of sp³-hybridized carbons (Fsp3) is 0.429. The van der Waals surface area contributed by atoms with Crippen LogP contribution in [0, 0.1) is 5.92 Å². The van der Waals surface area contributed by atoms with E-state index in [1.807, 2.05) is 0 Å². The Morgan fingerprint density at radius 2 is 2.00 bits per heavy atom. The van der Waals surface area contributed by atoms with Crippen LogP contribution in [0.1, 0.15) is 36.2 Å². The number of piperidine rings is 1. The molecule has 3 heterocycles. The van der Waals surface area contributed by atoms with E-state index in [1.165, 1.54) is 18.3 Å². The lowest BCUT2D eigenvalue weighted by molar-refractivity contribution is -0.137. The molecule has 0 aliphatic carbocycles. The summed E-state index contributed by atoms with van der Waals surface area (Å²) in [5, 5.41) is 15.5. The van der Waals surface area contributed by atoms with Crippen LogP contribution in [0.4, 0.5) is 24.8 Å². The summed E-state index contributed by atoms with van der Waals surface area (Å²) in [4.78, 5) is 34.1. The van der Waals surface area contributed by atoms with Gasteiger partial charge in [0.15, 0.2) is 0 Å². The van der Waals surface area contributed by atoms with Crippen molar-refractivity contribution in [2.45, 2.75) is 38.6 Å². The smallest absolute Gasteiger partial charge is 0.391 e. The molecule has 0 unspecified atom stereocenters. The third kappa shape index (κ3) is 6.11. The number of pyridine rings is 2. The summed E-state index contributed by atoms with van der Waals surface area (Å²) in [7, 11) is 0. The van der Waals surface area contributed by atoms with E-state index in [4.69, 9.17) is 11.6 Å². The second-order valence-electron chi connectivity index (χ2n) is 7.98. The molecule has 178 valence electrons. The molecule has 1 saturated heterocycles. The molecular formula is C21H23ClF3N5O3. The zero-order valence-corrected chi connectivity index (χ0v) is 18.6.